The molecule has 4 heterocycles. The number of Topliss-reactive ketones (excluding diaryl/α,β-unsaturated/α-hetero) is 1. The largest absolute Gasteiger partial charge is 0.486 e. The van der Waals surface area contributed by atoms with Crippen molar-refractivity contribution < 1.29 is 32.2 Å². The summed E-state index contributed by atoms with van der Waals surface area (Å²) in [5, 5.41) is 2.68. The number of hydrogen-bond acceptors (Lipinski definition) is 6. The Kier molecular flexibility index (Phi) is 6.62. The molecule has 6 rings (SSSR count). The minimum atomic E-state index is -4.65. The Morgan fingerprint density at radius 1 is 1.05 bits per heavy atom. The first-order valence-corrected chi connectivity index (χ1v) is 13.2. The molecule has 208 valence electrons. The Morgan fingerprint density at radius 2 is 1.82 bits per heavy atom. The van der Waals surface area contributed by atoms with E-state index in [0.29, 0.717) is 29.5 Å². The molecule has 0 radical (unpaired) electrons. The Morgan fingerprint density at radius 3 is 2.52 bits per heavy atom. The fourth-order valence-corrected chi connectivity index (χ4v) is 5.61. The van der Waals surface area contributed by atoms with Gasteiger partial charge in [-0.05, 0) is 60.0 Å². The number of nitrogens with one attached hydrogen (secondary N) is 1. The summed E-state index contributed by atoms with van der Waals surface area (Å²) in [6.07, 6.45) is -1.79. The van der Waals surface area contributed by atoms with E-state index < -0.39 is 23.4 Å². The van der Waals surface area contributed by atoms with Crippen molar-refractivity contribution in [1.82, 2.24) is 9.88 Å². The average Bonchev–Trinajstić information content (AvgIpc) is 2.89. The van der Waals surface area contributed by atoms with Crippen LogP contribution in [0.3, 0.4) is 0 Å². The standard InChI is InChI=1S/C30H28F3N3O4/c1-18-2-4-21(35-28(38)20-6-9-34-27(13-20)30(31,32)33)14-24(18)19-3-5-23-25(37)15-29(40-26(23)12-19)7-10-36(11-8-29)22-16-39-17-22/h2-6,9,12-14,22H,7-8,10-11,15-17H2,1H3,(H,35,38). The summed E-state index contributed by atoms with van der Waals surface area (Å²) in [4.78, 5) is 31.6. The van der Waals surface area contributed by atoms with Crippen molar-refractivity contribution in [3.05, 3.63) is 77.1 Å². The zero-order chi connectivity index (χ0) is 28.1. The number of aromatic nitrogens is 1. The van der Waals surface area contributed by atoms with Gasteiger partial charge in [-0.1, -0.05) is 12.1 Å². The first-order chi connectivity index (χ1) is 19.1. The van der Waals surface area contributed by atoms with Crippen LogP contribution >= 0.6 is 0 Å². The number of halogens is 3. The molecule has 3 aliphatic heterocycles. The number of pyridine rings is 1. The molecule has 1 amide bonds. The zero-order valence-corrected chi connectivity index (χ0v) is 21.9. The van der Waals surface area contributed by atoms with Gasteiger partial charge < -0.3 is 14.8 Å². The molecule has 40 heavy (non-hydrogen) atoms. The number of benzene rings is 2. The number of anilines is 1. The van der Waals surface area contributed by atoms with E-state index in [4.69, 9.17) is 9.47 Å². The summed E-state index contributed by atoms with van der Waals surface area (Å²) < 4.78 is 51.0. The number of ketones is 1. The van der Waals surface area contributed by atoms with Gasteiger partial charge in [0.05, 0.1) is 31.2 Å². The molecule has 0 atom stereocenters. The number of aryl methyl sites for hydroxylation is 1. The van der Waals surface area contributed by atoms with Crippen LogP contribution in [-0.2, 0) is 10.9 Å². The van der Waals surface area contributed by atoms with Gasteiger partial charge in [-0.15, -0.1) is 0 Å². The summed E-state index contributed by atoms with van der Waals surface area (Å²) >= 11 is 0. The van der Waals surface area contributed by atoms with Gasteiger partial charge in [0.1, 0.15) is 17.0 Å². The highest BCUT2D eigenvalue weighted by Gasteiger charge is 2.44. The minimum absolute atomic E-state index is 0.0709. The van der Waals surface area contributed by atoms with Crippen molar-refractivity contribution in [2.45, 2.75) is 44.0 Å². The van der Waals surface area contributed by atoms with E-state index in [1.54, 1.807) is 18.2 Å². The summed E-state index contributed by atoms with van der Waals surface area (Å²) in [6.45, 7) is 5.16. The fourth-order valence-electron chi connectivity index (χ4n) is 5.61. The number of fused-ring (bicyclic) bond motifs is 1. The second-order valence-corrected chi connectivity index (χ2v) is 10.7. The highest BCUT2D eigenvalue weighted by atomic mass is 19.4. The van der Waals surface area contributed by atoms with Gasteiger partial charge in [0.25, 0.3) is 5.91 Å². The molecule has 0 saturated carbocycles. The van der Waals surface area contributed by atoms with E-state index in [2.05, 4.69) is 15.2 Å². The lowest BCUT2D eigenvalue weighted by molar-refractivity contribution is -0.141. The maximum Gasteiger partial charge on any atom is 0.433 e. The van der Waals surface area contributed by atoms with E-state index in [-0.39, 0.29) is 11.3 Å². The Balaban J connectivity index is 1.22. The smallest absolute Gasteiger partial charge is 0.433 e. The number of piperidine rings is 1. The fraction of sp³-hybridized carbons (Fsp3) is 0.367. The third-order valence-electron chi connectivity index (χ3n) is 8.06. The molecule has 0 unspecified atom stereocenters. The highest BCUT2D eigenvalue weighted by Crippen LogP contribution is 2.42. The topological polar surface area (TPSA) is 80.8 Å². The predicted octanol–water partition coefficient (Wildman–Crippen LogP) is 5.53. The van der Waals surface area contributed by atoms with Crippen LogP contribution in [0.15, 0.2) is 54.7 Å². The predicted molar refractivity (Wildman–Crippen MR) is 142 cm³/mol. The number of likely N-dealkylation sites (tertiary alicyclic amines) is 1. The molecule has 0 bridgehead atoms. The first kappa shape index (κ1) is 26.5. The third-order valence-corrected chi connectivity index (χ3v) is 8.06. The molecule has 2 fully saturated rings. The molecular weight excluding hydrogens is 523 g/mol. The van der Waals surface area contributed by atoms with Crippen LogP contribution in [-0.4, -0.2) is 59.5 Å². The van der Waals surface area contributed by atoms with Crippen LogP contribution in [0.5, 0.6) is 5.75 Å². The molecule has 2 aromatic carbocycles. The highest BCUT2D eigenvalue weighted by molar-refractivity contribution is 6.05. The van der Waals surface area contributed by atoms with Crippen LogP contribution in [0, 0.1) is 6.92 Å². The van der Waals surface area contributed by atoms with Crippen LogP contribution in [0.2, 0.25) is 0 Å². The summed E-state index contributed by atoms with van der Waals surface area (Å²) in [7, 11) is 0. The van der Waals surface area contributed by atoms with Crippen LogP contribution in [0.4, 0.5) is 18.9 Å². The van der Waals surface area contributed by atoms with Crippen molar-refractivity contribution in [1.29, 1.82) is 0 Å². The monoisotopic (exact) mass is 551 g/mol. The molecule has 1 spiro atoms. The van der Waals surface area contributed by atoms with Crippen molar-refractivity contribution in [2.24, 2.45) is 0 Å². The number of hydrogen-bond donors (Lipinski definition) is 1. The van der Waals surface area contributed by atoms with E-state index in [0.717, 1.165) is 68.1 Å². The Hall–Kier alpha value is -3.76. The average molecular weight is 552 g/mol. The molecular formula is C30H28F3N3O4. The van der Waals surface area contributed by atoms with Crippen molar-refractivity contribution >= 4 is 17.4 Å². The minimum Gasteiger partial charge on any atom is -0.486 e. The number of ether oxygens (including phenoxy) is 2. The number of nitrogens with zero attached hydrogens (tertiary/aromatic N) is 2. The third kappa shape index (κ3) is 5.09. The lowest BCUT2D eigenvalue weighted by atomic mass is 9.81. The molecule has 7 nitrogen and oxygen atoms in total. The summed E-state index contributed by atoms with van der Waals surface area (Å²) in [5.74, 6) is -0.0511. The number of alkyl halides is 3. The lowest BCUT2D eigenvalue weighted by Gasteiger charge is -2.47. The molecule has 0 aliphatic carbocycles. The number of carbonyl (C=O) groups is 2. The van der Waals surface area contributed by atoms with Gasteiger partial charge in [0, 0.05) is 43.4 Å². The van der Waals surface area contributed by atoms with Crippen LogP contribution in [0.1, 0.15) is 51.2 Å². The van der Waals surface area contributed by atoms with Crippen LogP contribution in [0.25, 0.3) is 11.1 Å². The molecule has 10 heteroatoms. The van der Waals surface area contributed by atoms with Gasteiger partial charge in [-0.25, -0.2) is 0 Å². The summed E-state index contributed by atoms with van der Waals surface area (Å²) in [6, 6.07) is 13.2. The molecule has 1 N–H and O–H groups in total. The van der Waals surface area contributed by atoms with E-state index >= 15 is 0 Å². The normalized spacial score (nSPS) is 19.1. The molecule has 3 aromatic rings. The SMILES string of the molecule is Cc1ccc(NC(=O)c2ccnc(C(F)(F)F)c2)cc1-c1ccc2c(c1)OC1(CCN(C3COC3)CC1)CC2=O. The van der Waals surface area contributed by atoms with Gasteiger partial charge in [0.15, 0.2) is 5.78 Å². The Bertz CT molecular complexity index is 1480. The van der Waals surface area contributed by atoms with E-state index in [1.165, 1.54) is 6.07 Å². The van der Waals surface area contributed by atoms with Gasteiger partial charge >= 0.3 is 6.18 Å². The molecule has 3 aliphatic rings. The van der Waals surface area contributed by atoms with Crippen molar-refractivity contribution in [3.63, 3.8) is 0 Å². The Labute approximate surface area is 229 Å². The molecule has 1 aromatic heterocycles. The van der Waals surface area contributed by atoms with Gasteiger partial charge in [-0.2, -0.15) is 13.2 Å². The summed E-state index contributed by atoms with van der Waals surface area (Å²) in [5.41, 5.74) is 1.73. The number of rotatable bonds is 4. The maximum atomic E-state index is 13.1. The maximum absolute atomic E-state index is 13.1. The van der Waals surface area contributed by atoms with E-state index in [9.17, 15) is 22.8 Å². The number of amides is 1. The van der Waals surface area contributed by atoms with Gasteiger partial charge in [0.2, 0.25) is 0 Å². The van der Waals surface area contributed by atoms with Crippen LogP contribution < -0.4 is 10.1 Å². The molecule has 2 saturated heterocycles. The number of carbonyl (C=O) groups excluding carboxylic acids is 2. The first-order valence-electron chi connectivity index (χ1n) is 13.2. The second-order valence-electron chi connectivity index (χ2n) is 10.7. The zero-order valence-electron chi connectivity index (χ0n) is 21.9. The lowest BCUT2D eigenvalue weighted by Crippen LogP contribution is -2.57. The second kappa shape index (κ2) is 10.0. The van der Waals surface area contributed by atoms with Gasteiger partial charge in [-0.3, -0.25) is 19.5 Å². The quantitative estimate of drug-likeness (QED) is 0.460. The van der Waals surface area contributed by atoms with Crippen molar-refractivity contribution in [2.75, 3.05) is 31.6 Å². The van der Waals surface area contributed by atoms with Crippen molar-refractivity contribution in [3.8, 4) is 16.9 Å². The van der Waals surface area contributed by atoms with E-state index in [1.807, 2.05) is 25.1 Å².